The lowest BCUT2D eigenvalue weighted by atomic mass is 9.82. The van der Waals surface area contributed by atoms with Crippen LogP contribution in [0.3, 0.4) is 0 Å². The van der Waals surface area contributed by atoms with Crippen LogP contribution < -0.4 is 10.6 Å². The number of rotatable bonds is 3. The van der Waals surface area contributed by atoms with E-state index in [-0.39, 0.29) is 5.91 Å². The molecular formula is C9H14N4OS. The summed E-state index contributed by atoms with van der Waals surface area (Å²) in [6, 6.07) is 0.328. The number of amides is 1. The van der Waals surface area contributed by atoms with Crippen molar-refractivity contribution in [3.05, 3.63) is 5.01 Å². The maximum absolute atomic E-state index is 11.7. The van der Waals surface area contributed by atoms with Gasteiger partial charge in [-0.2, -0.15) is 0 Å². The fourth-order valence-electron chi connectivity index (χ4n) is 1.68. The van der Waals surface area contributed by atoms with Gasteiger partial charge in [-0.05, 0) is 18.8 Å². The maximum atomic E-state index is 11.7. The van der Waals surface area contributed by atoms with Gasteiger partial charge in [0.2, 0.25) is 10.1 Å². The van der Waals surface area contributed by atoms with Crippen LogP contribution in [-0.2, 0) is 0 Å². The van der Waals surface area contributed by atoms with Crippen LogP contribution in [0.25, 0.3) is 0 Å². The molecule has 6 heteroatoms. The molecule has 0 atom stereocenters. The number of hydrogen-bond acceptors (Lipinski definition) is 5. The van der Waals surface area contributed by atoms with Crippen molar-refractivity contribution in [3.63, 3.8) is 0 Å². The summed E-state index contributed by atoms with van der Waals surface area (Å²) in [5.41, 5.74) is 0. The van der Waals surface area contributed by atoms with Gasteiger partial charge in [-0.25, -0.2) is 0 Å². The molecule has 2 N–H and O–H groups in total. The molecule has 1 aliphatic carbocycles. The summed E-state index contributed by atoms with van der Waals surface area (Å²) < 4.78 is 0. The van der Waals surface area contributed by atoms with Crippen molar-refractivity contribution in [3.8, 4) is 0 Å². The van der Waals surface area contributed by atoms with Crippen LogP contribution in [0.5, 0.6) is 0 Å². The Morgan fingerprint density at radius 2 is 2.20 bits per heavy atom. The molecule has 1 aliphatic rings. The second-order valence-electron chi connectivity index (χ2n) is 3.91. The van der Waals surface area contributed by atoms with Crippen molar-refractivity contribution in [2.24, 2.45) is 5.92 Å². The molecule has 0 spiro atoms. The Labute approximate surface area is 92.3 Å². The highest BCUT2D eigenvalue weighted by molar-refractivity contribution is 7.17. The molecule has 0 unspecified atom stereocenters. The van der Waals surface area contributed by atoms with Crippen molar-refractivity contribution >= 4 is 22.4 Å². The third-order valence-electron chi connectivity index (χ3n) is 2.54. The van der Waals surface area contributed by atoms with Crippen LogP contribution >= 0.6 is 11.3 Å². The second kappa shape index (κ2) is 4.14. The average Bonchev–Trinajstić information content (AvgIpc) is 2.63. The van der Waals surface area contributed by atoms with E-state index < -0.39 is 0 Å². The van der Waals surface area contributed by atoms with Crippen molar-refractivity contribution in [2.75, 3.05) is 12.4 Å². The molecule has 1 aromatic heterocycles. The molecule has 1 saturated carbocycles. The fourth-order valence-corrected chi connectivity index (χ4v) is 2.28. The van der Waals surface area contributed by atoms with Crippen molar-refractivity contribution in [1.82, 2.24) is 15.5 Å². The van der Waals surface area contributed by atoms with E-state index >= 15 is 0 Å². The average molecular weight is 226 g/mol. The van der Waals surface area contributed by atoms with E-state index in [0.29, 0.717) is 16.2 Å². The number of hydrogen-bond donors (Lipinski definition) is 2. The highest BCUT2D eigenvalue weighted by Crippen LogP contribution is 2.26. The minimum Gasteiger partial charge on any atom is -0.363 e. The lowest BCUT2D eigenvalue weighted by Crippen LogP contribution is -2.43. The summed E-state index contributed by atoms with van der Waals surface area (Å²) in [6.07, 6.45) is 2.15. The normalized spacial score (nSPS) is 24.4. The van der Waals surface area contributed by atoms with E-state index in [1.807, 2.05) is 0 Å². The predicted octanol–water partition coefficient (Wildman–Crippen LogP) is 1.11. The third kappa shape index (κ3) is 2.26. The zero-order chi connectivity index (χ0) is 10.8. The molecule has 15 heavy (non-hydrogen) atoms. The van der Waals surface area contributed by atoms with Crippen molar-refractivity contribution < 1.29 is 4.79 Å². The number of nitrogens with zero attached hydrogens (tertiary/aromatic N) is 2. The minimum absolute atomic E-state index is 0.106. The van der Waals surface area contributed by atoms with Crippen molar-refractivity contribution in [1.29, 1.82) is 0 Å². The number of carbonyl (C=O) groups excluding carboxylic acids is 1. The van der Waals surface area contributed by atoms with E-state index in [9.17, 15) is 4.79 Å². The van der Waals surface area contributed by atoms with Crippen LogP contribution in [0.1, 0.15) is 29.6 Å². The Kier molecular flexibility index (Phi) is 2.86. The Morgan fingerprint density at radius 3 is 2.73 bits per heavy atom. The lowest BCUT2D eigenvalue weighted by Gasteiger charge is -2.32. The number of carbonyl (C=O) groups is 1. The van der Waals surface area contributed by atoms with Crippen molar-refractivity contribution in [2.45, 2.75) is 25.8 Å². The fraction of sp³-hybridized carbons (Fsp3) is 0.667. The Hall–Kier alpha value is -1.17. The molecule has 0 bridgehead atoms. The van der Waals surface area contributed by atoms with E-state index in [0.717, 1.165) is 18.8 Å². The first-order valence-corrected chi connectivity index (χ1v) is 5.83. The van der Waals surface area contributed by atoms with Crippen LogP contribution in [0.2, 0.25) is 0 Å². The predicted molar refractivity (Wildman–Crippen MR) is 59.1 cm³/mol. The smallest absolute Gasteiger partial charge is 0.282 e. The summed E-state index contributed by atoms with van der Waals surface area (Å²) in [5.74, 6) is 0.628. The van der Waals surface area contributed by atoms with Gasteiger partial charge < -0.3 is 10.6 Å². The molecule has 0 aromatic carbocycles. The Bertz CT molecular complexity index is 359. The quantitative estimate of drug-likeness (QED) is 0.810. The summed E-state index contributed by atoms with van der Waals surface area (Å²) in [5, 5.41) is 14.5. The summed E-state index contributed by atoms with van der Waals surface area (Å²) >= 11 is 1.27. The zero-order valence-corrected chi connectivity index (χ0v) is 9.60. The van der Waals surface area contributed by atoms with Gasteiger partial charge in [-0.15, -0.1) is 10.2 Å². The van der Waals surface area contributed by atoms with Gasteiger partial charge in [0.15, 0.2) is 0 Å². The van der Waals surface area contributed by atoms with Crippen LogP contribution in [0.15, 0.2) is 0 Å². The summed E-state index contributed by atoms with van der Waals surface area (Å²) in [6.45, 7) is 2.19. The minimum atomic E-state index is -0.106. The Morgan fingerprint density at radius 1 is 1.47 bits per heavy atom. The molecule has 1 fully saturated rings. The molecule has 5 nitrogen and oxygen atoms in total. The molecule has 1 aromatic rings. The zero-order valence-electron chi connectivity index (χ0n) is 8.78. The highest BCUT2D eigenvalue weighted by Gasteiger charge is 2.27. The molecule has 1 heterocycles. The monoisotopic (exact) mass is 226 g/mol. The van der Waals surface area contributed by atoms with E-state index in [1.165, 1.54) is 11.3 Å². The highest BCUT2D eigenvalue weighted by atomic mass is 32.1. The van der Waals surface area contributed by atoms with Gasteiger partial charge in [0, 0.05) is 13.1 Å². The van der Waals surface area contributed by atoms with Crippen LogP contribution in [0, 0.1) is 5.92 Å². The van der Waals surface area contributed by atoms with E-state index in [4.69, 9.17) is 0 Å². The van der Waals surface area contributed by atoms with Gasteiger partial charge in [-0.1, -0.05) is 18.3 Å². The first-order valence-electron chi connectivity index (χ1n) is 5.01. The number of anilines is 1. The first kappa shape index (κ1) is 10.4. The molecule has 82 valence electrons. The number of nitrogens with one attached hydrogen (secondary N) is 2. The van der Waals surface area contributed by atoms with Crippen LogP contribution in [-0.4, -0.2) is 29.2 Å². The summed E-state index contributed by atoms with van der Waals surface area (Å²) in [7, 11) is 1.76. The van der Waals surface area contributed by atoms with Gasteiger partial charge in [0.25, 0.3) is 5.91 Å². The maximum Gasteiger partial charge on any atom is 0.282 e. The SMILES string of the molecule is CNc1nnc(C(=O)NC2CC(C)C2)s1. The molecule has 1 amide bonds. The largest absolute Gasteiger partial charge is 0.363 e. The molecule has 0 saturated heterocycles. The summed E-state index contributed by atoms with van der Waals surface area (Å²) in [4.78, 5) is 11.7. The molecule has 0 radical (unpaired) electrons. The van der Waals surface area contributed by atoms with Gasteiger partial charge >= 0.3 is 0 Å². The third-order valence-corrected chi connectivity index (χ3v) is 3.48. The molecule has 0 aliphatic heterocycles. The lowest BCUT2D eigenvalue weighted by molar-refractivity contribution is 0.0895. The standard InChI is InChI=1S/C9H14N4OS/c1-5-3-6(4-5)11-7(14)8-12-13-9(10-2)15-8/h5-6H,3-4H2,1-2H3,(H,10,13)(H,11,14). The topological polar surface area (TPSA) is 66.9 Å². The Balaban J connectivity index is 1.90. The van der Waals surface area contributed by atoms with Crippen LogP contribution in [0.4, 0.5) is 5.13 Å². The van der Waals surface area contributed by atoms with E-state index in [2.05, 4.69) is 27.8 Å². The molecular weight excluding hydrogens is 212 g/mol. The van der Waals surface area contributed by atoms with Gasteiger partial charge in [-0.3, -0.25) is 4.79 Å². The van der Waals surface area contributed by atoms with Gasteiger partial charge in [0.1, 0.15) is 0 Å². The first-order chi connectivity index (χ1) is 7.19. The van der Waals surface area contributed by atoms with Gasteiger partial charge in [0.05, 0.1) is 0 Å². The van der Waals surface area contributed by atoms with E-state index in [1.54, 1.807) is 7.05 Å². The molecule has 2 rings (SSSR count). The number of aromatic nitrogens is 2. The second-order valence-corrected chi connectivity index (χ2v) is 4.89.